The van der Waals surface area contributed by atoms with Crippen molar-refractivity contribution in [2.45, 2.75) is 24.7 Å². The van der Waals surface area contributed by atoms with Crippen molar-refractivity contribution in [3.05, 3.63) is 62.6 Å². The second-order valence-electron chi connectivity index (χ2n) is 8.22. The molecule has 34 heavy (non-hydrogen) atoms. The van der Waals surface area contributed by atoms with Crippen LogP contribution in [0, 0.1) is 5.82 Å². The van der Waals surface area contributed by atoms with E-state index in [1.165, 1.54) is 23.5 Å². The fourth-order valence-electron chi connectivity index (χ4n) is 4.37. The zero-order valence-electron chi connectivity index (χ0n) is 17.7. The highest BCUT2D eigenvalue weighted by Gasteiger charge is 2.48. The minimum atomic E-state index is -4.51. The normalized spacial score (nSPS) is 20.7. The zero-order valence-corrected chi connectivity index (χ0v) is 20.1. The van der Waals surface area contributed by atoms with Gasteiger partial charge in [-0.15, -0.1) is 11.3 Å². The Labute approximate surface area is 205 Å². The lowest BCUT2D eigenvalue weighted by atomic mass is 10.0. The fraction of sp³-hybridized carbons (Fsp3) is 0.364. The Morgan fingerprint density at radius 1 is 1.12 bits per heavy atom. The van der Waals surface area contributed by atoms with E-state index in [9.17, 15) is 22.4 Å². The Balaban J connectivity index is 1.37. The number of carbonyl (C=O) groups excluding carboxylic acids is 1. The van der Waals surface area contributed by atoms with E-state index in [0.29, 0.717) is 26.2 Å². The van der Waals surface area contributed by atoms with Crippen molar-refractivity contribution >= 4 is 44.7 Å². The molecule has 0 radical (unpaired) electrons. The average Bonchev–Trinajstić information content (AvgIpc) is 3.47. The molecule has 1 fully saturated rings. The molecule has 3 aromatic rings. The molecule has 0 spiro atoms. The van der Waals surface area contributed by atoms with E-state index >= 15 is 0 Å². The van der Waals surface area contributed by atoms with Gasteiger partial charge in [0.15, 0.2) is 11.7 Å². The molecule has 180 valence electrons. The number of carbonyl (C=O) groups is 1. The maximum atomic E-state index is 13.9. The van der Waals surface area contributed by atoms with Crippen LogP contribution < -0.4 is 10.2 Å². The molecule has 1 amide bonds. The third-order valence-corrected chi connectivity index (χ3v) is 7.88. The number of halogens is 5. The van der Waals surface area contributed by atoms with Crippen molar-refractivity contribution in [3.63, 3.8) is 0 Å². The third-order valence-electron chi connectivity index (χ3n) is 6.14. The lowest BCUT2D eigenvalue weighted by Gasteiger charge is -2.35. The predicted octanol–water partition coefficient (Wildman–Crippen LogP) is 5.47. The molecule has 2 aliphatic heterocycles. The van der Waals surface area contributed by atoms with E-state index in [0.717, 1.165) is 15.2 Å². The lowest BCUT2D eigenvalue weighted by Crippen LogP contribution is -2.49. The fourth-order valence-corrected chi connectivity index (χ4v) is 5.71. The second kappa shape index (κ2) is 8.88. The van der Waals surface area contributed by atoms with Crippen LogP contribution in [0.1, 0.15) is 33.9 Å². The molecule has 1 aromatic carbocycles. The average molecular weight is 558 g/mol. The van der Waals surface area contributed by atoms with Crippen molar-refractivity contribution in [2.75, 3.05) is 36.4 Å². The SMILES string of the molecule is O=C(c1nn2c(c1Br)NC(c1cccs1)CC2C(F)(F)F)N1CCN(c2ccc(F)cc2)CC1. The molecule has 12 heteroatoms. The molecule has 6 nitrogen and oxygen atoms in total. The Morgan fingerprint density at radius 3 is 2.44 bits per heavy atom. The summed E-state index contributed by atoms with van der Waals surface area (Å²) >= 11 is 4.72. The summed E-state index contributed by atoms with van der Waals surface area (Å²) in [5, 5.41) is 9.08. The van der Waals surface area contributed by atoms with Gasteiger partial charge in [0.25, 0.3) is 5.91 Å². The van der Waals surface area contributed by atoms with Gasteiger partial charge in [-0.05, 0) is 51.6 Å². The van der Waals surface area contributed by atoms with E-state index in [-0.39, 0.29) is 28.2 Å². The van der Waals surface area contributed by atoms with Gasteiger partial charge in [-0.1, -0.05) is 6.07 Å². The Hall–Kier alpha value is -2.60. The van der Waals surface area contributed by atoms with Crippen molar-refractivity contribution in [3.8, 4) is 0 Å². The van der Waals surface area contributed by atoms with Crippen LogP contribution in [0.2, 0.25) is 0 Å². The molecule has 4 heterocycles. The number of alkyl halides is 3. The number of rotatable bonds is 3. The molecule has 2 aromatic heterocycles. The number of benzene rings is 1. The number of nitrogens with zero attached hydrogens (tertiary/aromatic N) is 4. The molecule has 5 rings (SSSR count). The number of amides is 1. The van der Waals surface area contributed by atoms with Gasteiger partial charge in [-0.25, -0.2) is 9.07 Å². The Kier molecular flexibility index (Phi) is 6.05. The monoisotopic (exact) mass is 557 g/mol. The Morgan fingerprint density at radius 2 is 1.82 bits per heavy atom. The van der Waals surface area contributed by atoms with Crippen LogP contribution in [0.25, 0.3) is 0 Å². The molecular weight excluding hydrogens is 538 g/mol. The third kappa shape index (κ3) is 4.28. The lowest BCUT2D eigenvalue weighted by molar-refractivity contribution is -0.173. The first kappa shape index (κ1) is 23.2. The van der Waals surface area contributed by atoms with Crippen LogP contribution in [0.4, 0.5) is 29.1 Å². The smallest absolute Gasteiger partial charge is 0.368 e. The van der Waals surface area contributed by atoms with Crippen LogP contribution in [-0.4, -0.2) is 52.9 Å². The Bertz CT molecular complexity index is 1170. The summed E-state index contributed by atoms with van der Waals surface area (Å²) < 4.78 is 56.1. The second-order valence-corrected chi connectivity index (χ2v) is 9.99. The highest BCUT2D eigenvalue weighted by molar-refractivity contribution is 9.10. The number of anilines is 2. The van der Waals surface area contributed by atoms with Gasteiger partial charge in [0.1, 0.15) is 11.6 Å². The van der Waals surface area contributed by atoms with E-state index in [4.69, 9.17) is 0 Å². The molecule has 0 aliphatic carbocycles. The molecule has 2 atom stereocenters. The molecule has 1 saturated heterocycles. The number of fused-ring (bicyclic) bond motifs is 1. The number of hydrogen-bond donors (Lipinski definition) is 1. The topological polar surface area (TPSA) is 53.4 Å². The summed E-state index contributed by atoms with van der Waals surface area (Å²) in [6.07, 6.45) is -4.73. The zero-order chi connectivity index (χ0) is 24.0. The van der Waals surface area contributed by atoms with Crippen LogP contribution >= 0.6 is 27.3 Å². The first-order chi connectivity index (χ1) is 16.2. The summed E-state index contributed by atoms with van der Waals surface area (Å²) in [7, 11) is 0. The van der Waals surface area contributed by atoms with Gasteiger partial charge >= 0.3 is 6.18 Å². The van der Waals surface area contributed by atoms with Crippen molar-refractivity contribution in [2.24, 2.45) is 0 Å². The van der Waals surface area contributed by atoms with Gasteiger partial charge in [0, 0.05) is 43.2 Å². The van der Waals surface area contributed by atoms with Gasteiger partial charge < -0.3 is 15.1 Å². The largest absolute Gasteiger partial charge is 0.410 e. The van der Waals surface area contributed by atoms with Crippen LogP contribution in [0.3, 0.4) is 0 Å². The van der Waals surface area contributed by atoms with Crippen LogP contribution in [0.5, 0.6) is 0 Å². The molecule has 2 aliphatic rings. The maximum Gasteiger partial charge on any atom is 0.410 e. The van der Waals surface area contributed by atoms with Crippen LogP contribution in [-0.2, 0) is 0 Å². The van der Waals surface area contributed by atoms with Gasteiger partial charge in [0.05, 0.1) is 10.5 Å². The molecule has 0 bridgehead atoms. The van der Waals surface area contributed by atoms with E-state index < -0.39 is 24.2 Å². The minimum Gasteiger partial charge on any atom is -0.368 e. The van der Waals surface area contributed by atoms with Gasteiger partial charge in [-0.2, -0.15) is 18.3 Å². The molecule has 1 N–H and O–H groups in total. The molecule has 0 saturated carbocycles. The summed E-state index contributed by atoms with van der Waals surface area (Å²) in [4.78, 5) is 17.6. The quantitative estimate of drug-likeness (QED) is 0.434. The summed E-state index contributed by atoms with van der Waals surface area (Å²) in [6.45, 7) is 1.79. The number of piperazine rings is 1. The summed E-state index contributed by atoms with van der Waals surface area (Å²) in [6, 6.07) is 7.34. The standard InChI is InChI=1S/C22H20BrF4N5OS/c23-18-19(21(33)31-9-7-30(8-10-31)14-5-3-13(24)4-6-14)29-32-17(22(25,26)27)12-15(28-20(18)32)16-2-1-11-34-16/h1-6,11,15,17,28H,7-10,12H2. The van der Waals surface area contributed by atoms with E-state index in [1.807, 2.05) is 10.3 Å². The number of nitrogens with one attached hydrogen (secondary N) is 1. The highest BCUT2D eigenvalue weighted by Crippen LogP contribution is 2.47. The van der Waals surface area contributed by atoms with Crippen LogP contribution in [0.15, 0.2) is 46.3 Å². The summed E-state index contributed by atoms with van der Waals surface area (Å²) in [5.41, 5.74) is 0.808. The van der Waals surface area contributed by atoms with E-state index in [2.05, 4.69) is 26.3 Å². The first-order valence-electron chi connectivity index (χ1n) is 10.7. The molecule has 2 unspecified atom stereocenters. The minimum absolute atomic E-state index is 0.0428. The molecular formula is C22H20BrF4N5OS. The first-order valence-corrected chi connectivity index (χ1v) is 12.3. The van der Waals surface area contributed by atoms with Crippen molar-refractivity contribution < 1.29 is 22.4 Å². The summed E-state index contributed by atoms with van der Waals surface area (Å²) in [5.74, 6) is -0.596. The van der Waals surface area contributed by atoms with Crippen molar-refractivity contribution in [1.82, 2.24) is 14.7 Å². The van der Waals surface area contributed by atoms with E-state index in [1.54, 1.807) is 29.2 Å². The highest BCUT2D eigenvalue weighted by atomic mass is 79.9. The number of hydrogen-bond acceptors (Lipinski definition) is 5. The number of thiophene rings is 1. The maximum absolute atomic E-state index is 13.9. The number of aromatic nitrogens is 2. The van der Waals surface area contributed by atoms with Gasteiger partial charge in [-0.3, -0.25) is 4.79 Å². The van der Waals surface area contributed by atoms with Gasteiger partial charge in [0.2, 0.25) is 0 Å². The van der Waals surface area contributed by atoms with Crippen molar-refractivity contribution in [1.29, 1.82) is 0 Å². The predicted molar refractivity (Wildman–Crippen MR) is 125 cm³/mol.